The van der Waals surface area contributed by atoms with Crippen LogP contribution in [-0.4, -0.2) is 28.4 Å². The predicted octanol–water partition coefficient (Wildman–Crippen LogP) is 3.63. The Morgan fingerprint density at radius 3 is 3.00 bits per heavy atom. The molecule has 1 fully saturated rings. The van der Waals surface area contributed by atoms with Gasteiger partial charge >= 0.3 is 0 Å². The molecule has 0 spiro atoms. The van der Waals surface area contributed by atoms with Gasteiger partial charge in [0.05, 0.1) is 6.54 Å². The van der Waals surface area contributed by atoms with Crippen LogP contribution in [0, 0.1) is 0 Å². The fraction of sp³-hybridized carbons (Fsp3) is 0.375. The standard InChI is InChI=1S/C16H18N4O2S/c1-2-14(13-3-6-19-20-13)22-12(1)9-17-16-18-10-15(23-16)11-4-7-21-8-5-11/h1-3,6,10-11H,4-5,7-9H2,(H,17,18)(H,19,20). The van der Waals surface area contributed by atoms with Crippen LogP contribution in [-0.2, 0) is 11.3 Å². The molecule has 0 unspecified atom stereocenters. The lowest BCUT2D eigenvalue weighted by Crippen LogP contribution is -2.12. The second-order valence-electron chi connectivity index (χ2n) is 5.54. The quantitative estimate of drug-likeness (QED) is 0.747. The number of aromatic nitrogens is 3. The van der Waals surface area contributed by atoms with Gasteiger partial charge in [-0.3, -0.25) is 5.10 Å². The van der Waals surface area contributed by atoms with Crippen LogP contribution in [0.2, 0.25) is 0 Å². The zero-order valence-corrected chi connectivity index (χ0v) is 13.4. The maximum absolute atomic E-state index is 5.80. The van der Waals surface area contributed by atoms with Crippen molar-refractivity contribution in [2.24, 2.45) is 0 Å². The summed E-state index contributed by atoms with van der Waals surface area (Å²) in [4.78, 5) is 5.81. The van der Waals surface area contributed by atoms with E-state index in [2.05, 4.69) is 20.5 Å². The topological polar surface area (TPSA) is 76.0 Å². The monoisotopic (exact) mass is 330 g/mol. The summed E-state index contributed by atoms with van der Waals surface area (Å²) in [6, 6.07) is 5.80. The third-order valence-corrected chi connectivity index (χ3v) is 5.11. The molecular weight excluding hydrogens is 312 g/mol. The highest BCUT2D eigenvalue weighted by Crippen LogP contribution is 2.33. The number of hydrogen-bond acceptors (Lipinski definition) is 6. The van der Waals surface area contributed by atoms with Gasteiger partial charge in [0.15, 0.2) is 10.9 Å². The van der Waals surface area contributed by atoms with E-state index in [1.54, 1.807) is 17.5 Å². The second-order valence-corrected chi connectivity index (χ2v) is 6.61. The average Bonchev–Trinajstić information content (AvgIpc) is 3.33. The molecule has 0 saturated carbocycles. The van der Waals surface area contributed by atoms with Crippen molar-refractivity contribution in [2.75, 3.05) is 18.5 Å². The number of nitrogens with one attached hydrogen (secondary N) is 2. The summed E-state index contributed by atoms with van der Waals surface area (Å²) in [5, 5.41) is 11.1. The summed E-state index contributed by atoms with van der Waals surface area (Å²) >= 11 is 1.73. The van der Waals surface area contributed by atoms with E-state index in [0.29, 0.717) is 12.5 Å². The van der Waals surface area contributed by atoms with Crippen molar-refractivity contribution in [1.29, 1.82) is 0 Å². The van der Waals surface area contributed by atoms with Gasteiger partial charge in [-0.2, -0.15) is 5.10 Å². The summed E-state index contributed by atoms with van der Waals surface area (Å²) in [6.07, 6.45) is 5.88. The Morgan fingerprint density at radius 1 is 1.26 bits per heavy atom. The number of anilines is 1. The molecule has 1 aliphatic heterocycles. The van der Waals surface area contributed by atoms with Crippen LogP contribution in [0.4, 0.5) is 5.13 Å². The number of thiazole rings is 1. The summed E-state index contributed by atoms with van der Waals surface area (Å²) in [7, 11) is 0. The van der Waals surface area contributed by atoms with Crippen LogP contribution in [0.1, 0.15) is 29.4 Å². The molecule has 3 aromatic heterocycles. The number of rotatable bonds is 5. The van der Waals surface area contributed by atoms with Crippen LogP contribution in [0.15, 0.2) is 35.0 Å². The van der Waals surface area contributed by atoms with Gasteiger partial charge in [-0.15, -0.1) is 11.3 Å². The van der Waals surface area contributed by atoms with Gasteiger partial charge < -0.3 is 14.5 Å². The SMILES string of the molecule is c1cc(-c2ccc(CNc3ncc(C4CCOCC4)s3)o2)[nH]n1. The molecule has 0 atom stereocenters. The number of nitrogens with zero attached hydrogens (tertiary/aromatic N) is 2. The fourth-order valence-corrected chi connectivity index (χ4v) is 3.69. The van der Waals surface area contributed by atoms with Crippen molar-refractivity contribution in [3.05, 3.63) is 41.2 Å². The van der Waals surface area contributed by atoms with Crippen LogP contribution >= 0.6 is 11.3 Å². The Labute approximate surface area is 137 Å². The summed E-state index contributed by atoms with van der Waals surface area (Å²) < 4.78 is 11.2. The molecule has 6 nitrogen and oxygen atoms in total. The van der Waals surface area contributed by atoms with Crippen LogP contribution in [0.5, 0.6) is 0 Å². The molecule has 23 heavy (non-hydrogen) atoms. The summed E-state index contributed by atoms with van der Waals surface area (Å²) in [5.74, 6) is 2.26. The first-order valence-electron chi connectivity index (χ1n) is 7.74. The van der Waals surface area contributed by atoms with Gasteiger partial charge in [0, 0.05) is 30.5 Å². The molecule has 0 amide bonds. The third-order valence-electron chi connectivity index (χ3n) is 3.99. The van der Waals surface area contributed by atoms with E-state index in [1.165, 1.54) is 4.88 Å². The highest BCUT2D eigenvalue weighted by Gasteiger charge is 2.18. The molecule has 3 aromatic rings. The first-order chi connectivity index (χ1) is 11.4. The van der Waals surface area contributed by atoms with Gasteiger partial charge in [0.2, 0.25) is 0 Å². The zero-order valence-electron chi connectivity index (χ0n) is 12.6. The Kier molecular flexibility index (Phi) is 4.12. The van der Waals surface area contributed by atoms with Crippen molar-refractivity contribution in [3.8, 4) is 11.5 Å². The first-order valence-corrected chi connectivity index (χ1v) is 8.56. The van der Waals surface area contributed by atoms with E-state index in [0.717, 1.165) is 48.4 Å². The lowest BCUT2D eigenvalue weighted by Gasteiger charge is -2.20. The van der Waals surface area contributed by atoms with Crippen molar-refractivity contribution < 1.29 is 9.15 Å². The van der Waals surface area contributed by atoms with Crippen LogP contribution < -0.4 is 5.32 Å². The summed E-state index contributed by atoms with van der Waals surface area (Å²) in [5.41, 5.74) is 0.882. The van der Waals surface area contributed by atoms with Gasteiger partial charge in [-0.1, -0.05) is 0 Å². The number of aromatic amines is 1. The van der Waals surface area contributed by atoms with E-state index in [9.17, 15) is 0 Å². The Morgan fingerprint density at radius 2 is 2.17 bits per heavy atom. The molecule has 1 saturated heterocycles. The fourth-order valence-electron chi connectivity index (χ4n) is 2.71. The minimum atomic E-state index is 0.590. The van der Waals surface area contributed by atoms with E-state index in [-0.39, 0.29) is 0 Å². The van der Waals surface area contributed by atoms with Crippen molar-refractivity contribution >= 4 is 16.5 Å². The van der Waals surface area contributed by atoms with Crippen LogP contribution in [0.3, 0.4) is 0 Å². The lowest BCUT2D eigenvalue weighted by molar-refractivity contribution is 0.0860. The highest BCUT2D eigenvalue weighted by atomic mass is 32.1. The van der Waals surface area contributed by atoms with Crippen molar-refractivity contribution in [2.45, 2.75) is 25.3 Å². The average molecular weight is 330 g/mol. The minimum Gasteiger partial charge on any atom is -0.458 e. The molecule has 4 rings (SSSR count). The molecule has 0 bridgehead atoms. The van der Waals surface area contributed by atoms with Crippen molar-refractivity contribution in [3.63, 3.8) is 0 Å². The van der Waals surface area contributed by atoms with Crippen molar-refractivity contribution in [1.82, 2.24) is 15.2 Å². The van der Waals surface area contributed by atoms with E-state index >= 15 is 0 Å². The minimum absolute atomic E-state index is 0.590. The molecule has 2 N–H and O–H groups in total. The molecule has 4 heterocycles. The number of ether oxygens (including phenoxy) is 1. The molecule has 7 heteroatoms. The summed E-state index contributed by atoms with van der Waals surface area (Å²) in [6.45, 7) is 2.33. The number of hydrogen-bond donors (Lipinski definition) is 2. The molecule has 0 radical (unpaired) electrons. The maximum Gasteiger partial charge on any atom is 0.183 e. The van der Waals surface area contributed by atoms with Gasteiger partial charge in [-0.05, 0) is 37.0 Å². The highest BCUT2D eigenvalue weighted by molar-refractivity contribution is 7.15. The van der Waals surface area contributed by atoms with E-state index < -0.39 is 0 Å². The predicted molar refractivity (Wildman–Crippen MR) is 88.5 cm³/mol. The molecular formula is C16H18N4O2S. The van der Waals surface area contributed by atoms with Gasteiger partial charge in [-0.25, -0.2) is 4.98 Å². The Hall–Kier alpha value is -2.12. The van der Waals surface area contributed by atoms with E-state index in [4.69, 9.17) is 9.15 Å². The van der Waals surface area contributed by atoms with Gasteiger partial charge in [0.25, 0.3) is 0 Å². The third kappa shape index (κ3) is 3.30. The molecule has 0 aliphatic carbocycles. The Bertz CT molecular complexity index is 744. The van der Waals surface area contributed by atoms with Gasteiger partial charge in [0.1, 0.15) is 11.5 Å². The normalized spacial score (nSPS) is 15.8. The van der Waals surface area contributed by atoms with E-state index in [1.807, 2.05) is 24.4 Å². The number of furan rings is 1. The largest absolute Gasteiger partial charge is 0.458 e. The molecule has 0 aromatic carbocycles. The van der Waals surface area contributed by atoms with Crippen LogP contribution in [0.25, 0.3) is 11.5 Å². The Balaban J connectivity index is 1.37. The zero-order chi connectivity index (χ0) is 15.5. The molecule has 120 valence electrons. The lowest BCUT2D eigenvalue weighted by atomic mass is 9.99. The molecule has 1 aliphatic rings. The second kappa shape index (κ2) is 6.55. The maximum atomic E-state index is 5.80. The first kappa shape index (κ1) is 14.5. The number of H-pyrrole nitrogens is 1. The smallest absolute Gasteiger partial charge is 0.183 e.